The van der Waals surface area contributed by atoms with Crippen LogP contribution >= 0.6 is 0 Å². The Balaban J connectivity index is 1.56. The summed E-state index contributed by atoms with van der Waals surface area (Å²) in [6.45, 7) is 0.342. The molecule has 1 amide bonds. The van der Waals surface area contributed by atoms with E-state index in [1.807, 2.05) is 48.5 Å². The van der Waals surface area contributed by atoms with Crippen LogP contribution in [0.1, 0.15) is 17.0 Å². The minimum absolute atomic E-state index is 0.117. The van der Waals surface area contributed by atoms with Gasteiger partial charge in [0, 0.05) is 36.7 Å². The van der Waals surface area contributed by atoms with Crippen molar-refractivity contribution in [2.75, 3.05) is 6.54 Å². The Hall–Kier alpha value is -3.74. The molecule has 0 unspecified atom stereocenters. The molecule has 0 aliphatic heterocycles. The van der Waals surface area contributed by atoms with Gasteiger partial charge in [-0.2, -0.15) is 5.10 Å². The zero-order valence-corrected chi connectivity index (χ0v) is 15.8. The van der Waals surface area contributed by atoms with Crippen LogP contribution in [0.3, 0.4) is 0 Å². The van der Waals surface area contributed by atoms with Crippen LogP contribution in [-0.2, 0) is 24.2 Å². The Morgan fingerprint density at radius 3 is 2.55 bits per heavy atom. The molecule has 0 aliphatic carbocycles. The maximum Gasteiger partial charge on any atom is 0.275 e. The fourth-order valence-corrected chi connectivity index (χ4v) is 3.28. The van der Waals surface area contributed by atoms with Gasteiger partial charge in [0.2, 0.25) is 5.91 Å². The van der Waals surface area contributed by atoms with Crippen LogP contribution in [0.4, 0.5) is 0 Å². The highest BCUT2D eigenvalue weighted by Crippen LogP contribution is 2.16. The lowest BCUT2D eigenvalue weighted by atomic mass is 10.0. The Kier molecular flexibility index (Phi) is 5.47. The summed E-state index contributed by atoms with van der Waals surface area (Å²) in [7, 11) is 0. The topological polar surface area (TPSA) is 92.7 Å². The number of carbonyl (C=O) groups is 1. The van der Waals surface area contributed by atoms with Crippen molar-refractivity contribution in [1.82, 2.24) is 25.1 Å². The summed E-state index contributed by atoms with van der Waals surface area (Å²) in [5.41, 5.74) is 2.55. The third-order valence-corrected chi connectivity index (χ3v) is 4.72. The highest BCUT2D eigenvalue weighted by atomic mass is 16.2. The molecule has 2 aromatic heterocycles. The van der Waals surface area contributed by atoms with E-state index >= 15 is 0 Å². The van der Waals surface area contributed by atoms with Crippen LogP contribution in [-0.4, -0.2) is 32.2 Å². The van der Waals surface area contributed by atoms with Gasteiger partial charge in [0.25, 0.3) is 5.56 Å². The van der Waals surface area contributed by atoms with Gasteiger partial charge in [-0.15, -0.1) is 0 Å². The summed E-state index contributed by atoms with van der Waals surface area (Å²) in [6, 6.07) is 17.3. The Morgan fingerprint density at radius 2 is 1.79 bits per heavy atom. The van der Waals surface area contributed by atoms with Crippen molar-refractivity contribution in [2.24, 2.45) is 0 Å². The maximum atomic E-state index is 12.8. The molecule has 4 aromatic rings. The predicted octanol–water partition coefficient (Wildman–Crippen LogP) is 2.07. The van der Waals surface area contributed by atoms with Gasteiger partial charge < -0.3 is 10.3 Å². The molecule has 2 heterocycles. The number of aromatic amines is 1. The molecule has 0 atom stereocenters. The van der Waals surface area contributed by atoms with Crippen molar-refractivity contribution in [3.8, 4) is 0 Å². The summed E-state index contributed by atoms with van der Waals surface area (Å²) in [6.07, 6.45) is 4.55. The van der Waals surface area contributed by atoms with E-state index in [0.717, 1.165) is 22.3 Å². The number of hydrogen-bond donors (Lipinski definition) is 2. The second-order valence-corrected chi connectivity index (χ2v) is 6.79. The molecular weight excluding hydrogens is 366 g/mol. The molecule has 0 saturated carbocycles. The highest BCUT2D eigenvalue weighted by Gasteiger charge is 2.13. The van der Waals surface area contributed by atoms with Gasteiger partial charge in [0.15, 0.2) is 0 Å². The lowest BCUT2D eigenvalue weighted by Crippen LogP contribution is -2.35. The lowest BCUT2D eigenvalue weighted by molar-refractivity contribution is -0.121. The molecule has 0 aliphatic rings. The standard InChI is InChI=1S/C22H21N5O2/c28-21(24-11-10-17-13-23-15-25-17)14-27-22(29)19-9-5-4-8-18(19)20(26-27)12-16-6-2-1-3-7-16/h1-9,13,15H,10-12,14H2,(H,23,25)(H,24,28). The van der Waals surface area contributed by atoms with Gasteiger partial charge in [-0.3, -0.25) is 9.59 Å². The molecule has 7 heteroatoms. The van der Waals surface area contributed by atoms with E-state index in [-0.39, 0.29) is 18.0 Å². The number of nitrogens with one attached hydrogen (secondary N) is 2. The van der Waals surface area contributed by atoms with Gasteiger partial charge >= 0.3 is 0 Å². The molecular formula is C22H21N5O2. The van der Waals surface area contributed by atoms with E-state index in [4.69, 9.17) is 0 Å². The van der Waals surface area contributed by atoms with Crippen LogP contribution < -0.4 is 10.9 Å². The van der Waals surface area contributed by atoms with Gasteiger partial charge in [0.1, 0.15) is 6.54 Å². The van der Waals surface area contributed by atoms with Crippen molar-refractivity contribution < 1.29 is 4.79 Å². The smallest absolute Gasteiger partial charge is 0.275 e. The quantitative estimate of drug-likeness (QED) is 0.508. The van der Waals surface area contributed by atoms with Crippen LogP contribution in [0.25, 0.3) is 10.8 Å². The number of fused-ring (bicyclic) bond motifs is 1. The first-order valence-electron chi connectivity index (χ1n) is 9.47. The number of aromatic nitrogens is 4. The van der Waals surface area contributed by atoms with Gasteiger partial charge in [-0.1, -0.05) is 48.5 Å². The van der Waals surface area contributed by atoms with Crippen LogP contribution in [0.2, 0.25) is 0 Å². The average molecular weight is 387 g/mol. The van der Waals surface area contributed by atoms with Crippen molar-refractivity contribution in [2.45, 2.75) is 19.4 Å². The van der Waals surface area contributed by atoms with Gasteiger partial charge in [0.05, 0.1) is 17.4 Å². The Morgan fingerprint density at radius 1 is 1.03 bits per heavy atom. The van der Waals surface area contributed by atoms with E-state index in [2.05, 4.69) is 20.4 Å². The number of hydrogen-bond acceptors (Lipinski definition) is 4. The van der Waals surface area contributed by atoms with E-state index in [9.17, 15) is 9.59 Å². The third kappa shape index (κ3) is 4.40. The first-order valence-corrected chi connectivity index (χ1v) is 9.47. The Bertz CT molecular complexity index is 1170. The zero-order chi connectivity index (χ0) is 20.1. The molecule has 0 bridgehead atoms. The maximum absolute atomic E-state index is 12.8. The monoisotopic (exact) mass is 387 g/mol. The van der Waals surface area contributed by atoms with Crippen molar-refractivity contribution in [1.29, 1.82) is 0 Å². The molecule has 0 spiro atoms. The van der Waals surface area contributed by atoms with Gasteiger partial charge in [-0.05, 0) is 11.6 Å². The predicted molar refractivity (Wildman–Crippen MR) is 111 cm³/mol. The normalized spacial score (nSPS) is 10.9. The second-order valence-electron chi connectivity index (χ2n) is 6.79. The molecule has 146 valence electrons. The van der Waals surface area contributed by atoms with Crippen LogP contribution in [0, 0.1) is 0 Å². The van der Waals surface area contributed by atoms with E-state index in [1.165, 1.54) is 4.68 Å². The number of amides is 1. The summed E-state index contributed by atoms with van der Waals surface area (Å²) >= 11 is 0. The molecule has 0 saturated heterocycles. The summed E-state index contributed by atoms with van der Waals surface area (Å²) in [5.74, 6) is -0.250. The van der Waals surface area contributed by atoms with Gasteiger partial charge in [-0.25, -0.2) is 9.67 Å². The van der Waals surface area contributed by atoms with Crippen molar-refractivity contribution >= 4 is 16.7 Å². The highest BCUT2D eigenvalue weighted by molar-refractivity contribution is 5.84. The fourth-order valence-electron chi connectivity index (χ4n) is 3.28. The lowest BCUT2D eigenvalue weighted by Gasteiger charge is -2.11. The third-order valence-electron chi connectivity index (χ3n) is 4.72. The summed E-state index contributed by atoms with van der Waals surface area (Å²) in [5, 5.41) is 8.73. The summed E-state index contributed by atoms with van der Waals surface area (Å²) in [4.78, 5) is 32.1. The van der Waals surface area contributed by atoms with E-state index in [1.54, 1.807) is 18.6 Å². The minimum Gasteiger partial charge on any atom is -0.354 e. The van der Waals surface area contributed by atoms with Crippen LogP contribution in [0.5, 0.6) is 0 Å². The second kappa shape index (κ2) is 8.52. The number of rotatable bonds is 7. The average Bonchev–Trinajstić information content (AvgIpc) is 3.26. The molecule has 0 radical (unpaired) electrons. The minimum atomic E-state index is -0.263. The first-order chi connectivity index (χ1) is 14.2. The first kappa shape index (κ1) is 18.6. The largest absolute Gasteiger partial charge is 0.354 e. The molecule has 0 fully saturated rings. The number of carbonyl (C=O) groups excluding carboxylic acids is 1. The summed E-state index contributed by atoms with van der Waals surface area (Å²) < 4.78 is 1.26. The Labute approximate surface area is 167 Å². The number of H-pyrrole nitrogens is 1. The SMILES string of the molecule is O=C(Cn1nc(Cc2ccccc2)c2ccccc2c1=O)NCCc1cnc[nH]1. The molecule has 7 nitrogen and oxygen atoms in total. The molecule has 29 heavy (non-hydrogen) atoms. The zero-order valence-electron chi connectivity index (χ0n) is 15.8. The van der Waals surface area contributed by atoms with Crippen molar-refractivity contribution in [3.05, 3.63) is 94.4 Å². The number of benzene rings is 2. The van der Waals surface area contributed by atoms with E-state index in [0.29, 0.717) is 24.8 Å². The number of imidazole rings is 1. The molecule has 2 N–H and O–H groups in total. The number of nitrogens with zero attached hydrogens (tertiary/aromatic N) is 3. The molecule has 2 aromatic carbocycles. The van der Waals surface area contributed by atoms with Crippen molar-refractivity contribution in [3.63, 3.8) is 0 Å². The molecule has 4 rings (SSSR count). The van der Waals surface area contributed by atoms with E-state index < -0.39 is 0 Å². The fraction of sp³-hybridized carbons (Fsp3) is 0.182. The van der Waals surface area contributed by atoms with Crippen LogP contribution in [0.15, 0.2) is 71.9 Å².